The van der Waals surface area contributed by atoms with E-state index in [1.165, 1.54) is 93.9 Å². The standard InChI is InChI=1S/C65H49N/c1-64(2)55-32-16-18-34-57(55)65(58-35-19-17-33-56(58)64)54-40-39-48(62-51-30-14-12-28-49(51)61(45-25-10-5-11-26-45)50-29-13-15-31-52(50)62)41-53(54)63-46(27-20-36-59(63)65)37-38-47(43-21-6-3-7-22-43)42-60(66)44-23-8-4-9-24-44/h3-36,38-42H,37,66H2,1-2H3/b47-38+,60-42-. The van der Waals surface area contributed by atoms with Crippen molar-refractivity contribution in [1.29, 1.82) is 0 Å². The van der Waals surface area contributed by atoms with Gasteiger partial charge in [0.2, 0.25) is 0 Å². The van der Waals surface area contributed by atoms with Crippen molar-refractivity contribution in [3.8, 4) is 33.4 Å². The molecule has 12 rings (SSSR count). The summed E-state index contributed by atoms with van der Waals surface area (Å²) in [5.41, 5.74) is 27.2. The average Bonchev–Trinajstić information content (AvgIpc) is 3.67. The normalized spacial score (nSPS) is 14.5. The van der Waals surface area contributed by atoms with Crippen molar-refractivity contribution < 1.29 is 0 Å². The molecule has 2 N–H and O–H groups in total. The molecule has 0 radical (unpaired) electrons. The number of allylic oxidation sites excluding steroid dienone is 3. The highest BCUT2D eigenvalue weighted by molar-refractivity contribution is 6.21. The summed E-state index contributed by atoms with van der Waals surface area (Å²) in [5.74, 6) is 0. The second kappa shape index (κ2) is 15.6. The molecule has 0 unspecified atom stereocenters. The minimum absolute atomic E-state index is 0.185. The molecule has 2 aliphatic carbocycles. The SMILES string of the molecule is CC1(C)c2ccccc2C2(c3ccc(-c4c5ccccc5c(-c5ccccc5)c5ccccc45)cc3-c3c(C/C=C(\C=C(/N)c4ccccc4)c4ccccc4)cccc32)c2ccccc21. The first kappa shape index (κ1) is 39.6. The number of rotatable bonds is 7. The molecule has 66 heavy (non-hydrogen) atoms. The largest absolute Gasteiger partial charge is 0.398 e. The molecule has 2 aliphatic rings. The summed E-state index contributed by atoms with van der Waals surface area (Å²) >= 11 is 0. The molecule has 1 spiro atoms. The minimum atomic E-state index is -0.521. The fourth-order valence-corrected chi connectivity index (χ4v) is 11.7. The molecular formula is C65H49N. The van der Waals surface area contributed by atoms with Crippen LogP contribution >= 0.6 is 0 Å². The minimum Gasteiger partial charge on any atom is -0.398 e. The Balaban J connectivity index is 1.14. The summed E-state index contributed by atoms with van der Waals surface area (Å²) in [7, 11) is 0. The van der Waals surface area contributed by atoms with Gasteiger partial charge in [0.25, 0.3) is 0 Å². The molecule has 0 aromatic heterocycles. The van der Waals surface area contributed by atoms with E-state index in [4.69, 9.17) is 5.73 Å². The number of nitrogens with two attached hydrogens (primary N) is 1. The fourth-order valence-electron chi connectivity index (χ4n) is 11.7. The molecule has 10 aromatic rings. The van der Waals surface area contributed by atoms with Gasteiger partial charge in [-0.2, -0.15) is 0 Å². The van der Waals surface area contributed by atoms with Crippen molar-refractivity contribution >= 4 is 32.8 Å². The monoisotopic (exact) mass is 843 g/mol. The smallest absolute Gasteiger partial charge is 0.0719 e. The molecule has 0 atom stereocenters. The topological polar surface area (TPSA) is 26.0 Å². The molecule has 0 aliphatic heterocycles. The van der Waals surface area contributed by atoms with Crippen molar-refractivity contribution in [2.24, 2.45) is 5.73 Å². The van der Waals surface area contributed by atoms with Crippen molar-refractivity contribution in [3.63, 3.8) is 0 Å². The molecule has 0 fully saturated rings. The number of benzene rings is 10. The Kier molecular flexibility index (Phi) is 9.36. The van der Waals surface area contributed by atoms with E-state index in [2.05, 4.69) is 232 Å². The first-order valence-electron chi connectivity index (χ1n) is 23.2. The molecule has 314 valence electrons. The van der Waals surface area contributed by atoms with Gasteiger partial charge < -0.3 is 5.73 Å². The van der Waals surface area contributed by atoms with Crippen molar-refractivity contribution in [2.75, 3.05) is 0 Å². The maximum Gasteiger partial charge on any atom is 0.0719 e. The van der Waals surface area contributed by atoms with Crippen LogP contribution in [0.2, 0.25) is 0 Å². The zero-order valence-electron chi connectivity index (χ0n) is 37.3. The molecule has 0 bridgehead atoms. The number of hydrogen-bond donors (Lipinski definition) is 1. The van der Waals surface area contributed by atoms with Gasteiger partial charge >= 0.3 is 0 Å². The molecule has 1 nitrogen and oxygen atoms in total. The summed E-state index contributed by atoms with van der Waals surface area (Å²) < 4.78 is 0. The van der Waals surface area contributed by atoms with Gasteiger partial charge in [0.1, 0.15) is 0 Å². The lowest BCUT2D eigenvalue weighted by Crippen LogP contribution is -2.40. The van der Waals surface area contributed by atoms with Gasteiger partial charge in [-0.1, -0.05) is 238 Å². The van der Waals surface area contributed by atoms with Crippen LogP contribution in [0.1, 0.15) is 63.9 Å². The maximum atomic E-state index is 6.87. The Bertz CT molecular complexity index is 3470. The molecule has 1 heteroatoms. The van der Waals surface area contributed by atoms with E-state index in [9.17, 15) is 0 Å². The highest BCUT2D eigenvalue weighted by atomic mass is 14.6. The molecule has 10 aromatic carbocycles. The highest BCUT2D eigenvalue weighted by Gasteiger charge is 2.53. The third-order valence-electron chi connectivity index (χ3n) is 14.6. The van der Waals surface area contributed by atoms with Crippen LogP contribution in [0.4, 0.5) is 0 Å². The van der Waals surface area contributed by atoms with Crippen LogP contribution in [0.25, 0.3) is 66.2 Å². The third-order valence-corrected chi connectivity index (χ3v) is 14.6. The van der Waals surface area contributed by atoms with E-state index >= 15 is 0 Å². The molecule has 0 saturated carbocycles. The van der Waals surface area contributed by atoms with E-state index < -0.39 is 5.41 Å². The van der Waals surface area contributed by atoms with Crippen LogP contribution in [0.5, 0.6) is 0 Å². The van der Waals surface area contributed by atoms with Gasteiger partial charge in [0, 0.05) is 11.1 Å². The number of hydrogen-bond acceptors (Lipinski definition) is 1. The van der Waals surface area contributed by atoms with Crippen LogP contribution in [-0.2, 0) is 17.3 Å². The van der Waals surface area contributed by atoms with Crippen molar-refractivity contribution in [1.82, 2.24) is 0 Å². The van der Waals surface area contributed by atoms with Crippen LogP contribution in [0.15, 0.2) is 237 Å². The summed E-state index contributed by atoms with van der Waals surface area (Å²) in [6, 6.07) is 82.7. The quantitative estimate of drug-likeness (QED) is 0.126. The van der Waals surface area contributed by atoms with E-state index in [1.54, 1.807) is 0 Å². The first-order valence-corrected chi connectivity index (χ1v) is 23.2. The summed E-state index contributed by atoms with van der Waals surface area (Å²) in [5, 5.41) is 5.03. The molecular weight excluding hydrogens is 795 g/mol. The Morgan fingerprint density at radius 2 is 0.879 bits per heavy atom. The van der Waals surface area contributed by atoms with Gasteiger partial charge in [-0.25, -0.2) is 0 Å². The van der Waals surface area contributed by atoms with Gasteiger partial charge in [-0.15, -0.1) is 0 Å². The summed E-state index contributed by atoms with van der Waals surface area (Å²) in [6.45, 7) is 4.79. The lowest BCUT2D eigenvalue weighted by Gasteiger charge is -2.46. The van der Waals surface area contributed by atoms with Crippen LogP contribution < -0.4 is 5.73 Å². The first-order chi connectivity index (χ1) is 32.4. The second-order valence-electron chi connectivity index (χ2n) is 18.5. The van der Waals surface area contributed by atoms with E-state index in [0.717, 1.165) is 28.8 Å². The maximum absolute atomic E-state index is 6.87. The van der Waals surface area contributed by atoms with Crippen molar-refractivity contribution in [2.45, 2.75) is 31.1 Å². The summed E-state index contributed by atoms with van der Waals surface area (Å²) in [4.78, 5) is 0. The lowest BCUT2D eigenvalue weighted by molar-refractivity contribution is 0.563. The predicted octanol–water partition coefficient (Wildman–Crippen LogP) is 16.0. The Morgan fingerprint density at radius 3 is 1.45 bits per heavy atom. The van der Waals surface area contributed by atoms with Crippen molar-refractivity contribution in [3.05, 3.63) is 287 Å². The second-order valence-corrected chi connectivity index (χ2v) is 18.5. The van der Waals surface area contributed by atoms with Crippen LogP contribution in [0.3, 0.4) is 0 Å². The Labute approximate surface area is 387 Å². The van der Waals surface area contributed by atoms with Gasteiger partial charge in [0.05, 0.1) is 5.41 Å². The summed E-state index contributed by atoms with van der Waals surface area (Å²) in [6.07, 6.45) is 5.25. The average molecular weight is 844 g/mol. The zero-order chi connectivity index (χ0) is 44.4. The highest BCUT2D eigenvalue weighted by Crippen LogP contribution is 2.63. The van der Waals surface area contributed by atoms with E-state index in [-0.39, 0.29) is 5.41 Å². The van der Waals surface area contributed by atoms with Crippen LogP contribution in [0, 0.1) is 0 Å². The fraction of sp³-hybridized carbons (Fsp3) is 0.0769. The Morgan fingerprint density at radius 1 is 0.409 bits per heavy atom. The number of fused-ring (bicyclic) bond motifs is 11. The molecule has 0 saturated heterocycles. The molecule has 0 amide bonds. The van der Waals surface area contributed by atoms with E-state index in [1.807, 2.05) is 18.2 Å². The van der Waals surface area contributed by atoms with E-state index in [0.29, 0.717) is 0 Å². The zero-order valence-corrected chi connectivity index (χ0v) is 37.3. The van der Waals surface area contributed by atoms with Gasteiger partial charge in [-0.3, -0.25) is 0 Å². The predicted molar refractivity (Wildman–Crippen MR) is 278 cm³/mol. The lowest BCUT2D eigenvalue weighted by atomic mass is 9.55. The van der Waals surface area contributed by atoms with Gasteiger partial charge in [0.15, 0.2) is 0 Å². The molecule has 0 heterocycles. The van der Waals surface area contributed by atoms with Gasteiger partial charge in [-0.05, 0) is 129 Å². The third kappa shape index (κ3) is 6.00. The van der Waals surface area contributed by atoms with Crippen LogP contribution in [-0.4, -0.2) is 0 Å². The Hall–Kier alpha value is -8.00.